The van der Waals surface area contributed by atoms with Crippen LogP contribution in [0.3, 0.4) is 0 Å². The summed E-state index contributed by atoms with van der Waals surface area (Å²) in [6.07, 6.45) is 1.65. The van der Waals surface area contributed by atoms with Gasteiger partial charge in [0.25, 0.3) is 0 Å². The summed E-state index contributed by atoms with van der Waals surface area (Å²) >= 11 is 0. The fraction of sp³-hybridized carbons (Fsp3) is 0.538. The van der Waals surface area contributed by atoms with Crippen molar-refractivity contribution >= 4 is 0 Å². The highest BCUT2D eigenvalue weighted by atomic mass is 19.1. The van der Waals surface area contributed by atoms with Crippen LogP contribution in [-0.2, 0) is 0 Å². The van der Waals surface area contributed by atoms with E-state index in [4.69, 9.17) is 0 Å². The Labute approximate surface area is 95.5 Å². The first-order valence-corrected chi connectivity index (χ1v) is 5.83. The van der Waals surface area contributed by atoms with Crippen molar-refractivity contribution < 1.29 is 9.50 Å². The zero-order valence-corrected chi connectivity index (χ0v) is 9.54. The van der Waals surface area contributed by atoms with E-state index in [9.17, 15) is 9.50 Å². The van der Waals surface area contributed by atoms with Gasteiger partial charge in [0.15, 0.2) is 0 Å². The van der Waals surface area contributed by atoms with Crippen LogP contribution in [0.15, 0.2) is 18.2 Å². The van der Waals surface area contributed by atoms with Gasteiger partial charge in [0.1, 0.15) is 5.82 Å². The molecule has 1 aliphatic heterocycles. The first-order chi connectivity index (χ1) is 7.68. The average Bonchev–Trinajstić information content (AvgIpc) is 2.29. The molecular weight excluding hydrogens is 205 g/mol. The van der Waals surface area contributed by atoms with Gasteiger partial charge in [-0.05, 0) is 49.6 Å². The number of aryl methyl sites for hydroxylation is 1. The Morgan fingerprint density at radius 1 is 1.50 bits per heavy atom. The third-order valence-corrected chi connectivity index (χ3v) is 3.33. The van der Waals surface area contributed by atoms with Crippen molar-refractivity contribution in [3.05, 3.63) is 35.1 Å². The van der Waals surface area contributed by atoms with E-state index in [1.807, 2.05) is 6.92 Å². The van der Waals surface area contributed by atoms with Crippen LogP contribution in [0.5, 0.6) is 0 Å². The van der Waals surface area contributed by atoms with Crippen molar-refractivity contribution in [3.63, 3.8) is 0 Å². The summed E-state index contributed by atoms with van der Waals surface area (Å²) in [5, 5.41) is 13.5. The molecule has 1 heterocycles. The number of halogens is 1. The van der Waals surface area contributed by atoms with Gasteiger partial charge in [0.2, 0.25) is 0 Å². The summed E-state index contributed by atoms with van der Waals surface area (Å²) in [5.74, 6) is 0.00753. The Morgan fingerprint density at radius 2 is 2.31 bits per heavy atom. The lowest BCUT2D eigenvalue weighted by molar-refractivity contribution is 0.0915. The van der Waals surface area contributed by atoms with E-state index >= 15 is 0 Å². The van der Waals surface area contributed by atoms with Crippen LogP contribution in [0.2, 0.25) is 0 Å². The predicted octanol–water partition coefficient (Wildman–Crippen LogP) is 2.17. The van der Waals surface area contributed by atoms with Gasteiger partial charge in [0.05, 0.1) is 6.10 Å². The molecule has 1 saturated heterocycles. The lowest BCUT2D eigenvalue weighted by Crippen LogP contribution is -2.33. The second-order valence-electron chi connectivity index (χ2n) is 4.55. The second-order valence-corrected chi connectivity index (χ2v) is 4.55. The molecule has 0 spiro atoms. The van der Waals surface area contributed by atoms with E-state index in [0.29, 0.717) is 0 Å². The fourth-order valence-corrected chi connectivity index (χ4v) is 2.37. The van der Waals surface area contributed by atoms with E-state index < -0.39 is 6.10 Å². The Morgan fingerprint density at radius 3 is 2.94 bits per heavy atom. The molecule has 16 heavy (non-hydrogen) atoms. The molecule has 0 aliphatic carbocycles. The molecule has 2 nitrogen and oxygen atoms in total. The van der Waals surface area contributed by atoms with Crippen LogP contribution in [0.1, 0.15) is 30.1 Å². The van der Waals surface area contributed by atoms with Crippen LogP contribution in [0.4, 0.5) is 4.39 Å². The van der Waals surface area contributed by atoms with Crippen molar-refractivity contribution in [1.82, 2.24) is 5.32 Å². The monoisotopic (exact) mass is 223 g/mol. The fourth-order valence-electron chi connectivity index (χ4n) is 2.37. The number of hydrogen-bond acceptors (Lipinski definition) is 2. The minimum atomic E-state index is -0.478. The molecule has 3 heteroatoms. The molecule has 1 fully saturated rings. The molecule has 1 aromatic carbocycles. The summed E-state index contributed by atoms with van der Waals surface area (Å²) in [5.41, 5.74) is 1.69. The average molecular weight is 223 g/mol. The summed E-state index contributed by atoms with van der Waals surface area (Å²) in [4.78, 5) is 0. The third-order valence-electron chi connectivity index (χ3n) is 3.33. The van der Waals surface area contributed by atoms with Gasteiger partial charge in [-0.3, -0.25) is 0 Å². The number of aliphatic hydroxyl groups is 1. The second kappa shape index (κ2) is 4.93. The van der Waals surface area contributed by atoms with Crippen LogP contribution in [0, 0.1) is 18.7 Å². The number of hydrogen-bond donors (Lipinski definition) is 2. The molecule has 0 saturated carbocycles. The number of rotatable bonds is 2. The van der Waals surface area contributed by atoms with Crippen LogP contribution in [0.25, 0.3) is 0 Å². The third kappa shape index (κ3) is 2.42. The van der Waals surface area contributed by atoms with E-state index in [0.717, 1.165) is 37.1 Å². The Balaban J connectivity index is 2.15. The van der Waals surface area contributed by atoms with Crippen molar-refractivity contribution in [1.29, 1.82) is 0 Å². The Kier molecular flexibility index (Phi) is 3.56. The topological polar surface area (TPSA) is 32.3 Å². The van der Waals surface area contributed by atoms with Crippen molar-refractivity contribution in [2.45, 2.75) is 25.9 Å². The maximum absolute atomic E-state index is 13.0. The van der Waals surface area contributed by atoms with Gasteiger partial charge in [-0.25, -0.2) is 4.39 Å². The van der Waals surface area contributed by atoms with Crippen LogP contribution < -0.4 is 5.32 Å². The number of benzene rings is 1. The van der Waals surface area contributed by atoms with Gasteiger partial charge >= 0.3 is 0 Å². The van der Waals surface area contributed by atoms with Gasteiger partial charge < -0.3 is 10.4 Å². The zero-order valence-electron chi connectivity index (χ0n) is 9.54. The van der Waals surface area contributed by atoms with Crippen LogP contribution in [-0.4, -0.2) is 18.2 Å². The van der Waals surface area contributed by atoms with Crippen LogP contribution >= 0.6 is 0 Å². The van der Waals surface area contributed by atoms with E-state index in [2.05, 4.69) is 5.32 Å². The molecule has 2 N–H and O–H groups in total. The van der Waals surface area contributed by atoms with Gasteiger partial charge in [-0.15, -0.1) is 0 Å². The lowest BCUT2D eigenvalue weighted by atomic mass is 9.88. The standard InChI is InChI=1S/C13H18FNO/c1-9-7-11(14)4-5-12(9)13(16)10-3-2-6-15-8-10/h4-5,7,10,13,15-16H,2-3,6,8H2,1H3. The first kappa shape index (κ1) is 11.6. The minimum absolute atomic E-state index is 0.241. The molecular formula is C13H18FNO. The molecule has 0 aromatic heterocycles. The number of aliphatic hydroxyl groups excluding tert-OH is 1. The SMILES string of the molecule is Cc1cc(F)ccc1C(O)C1CCCNC1. The summed E-state index contributed by atoms with van der Waals surface area (Å²) in [6, 6.07) is 4.60. The highest BCUT2D eigenvalue weighted by Gasteiger charge is 2.23. The lowest BCUT2D eigenvalue weighted by Gasteiger charge is -2.28. The highest BCUT2D eigenvalue weighted by molar-refractivity contribution is 5.29. The van der Waals surface area contributed by atoms with Crippen molar-refractivity contribution in [2.75, 3.05) is 13.1 Å². The molecule has 0 radical (unpaired) electrons. The highest BCUT2D eigenvalue weighted by Crippen LogP contribution is 2.29. The summed E-state index contributed by atoms with van der Waals surface area (Å²) in [6.45, 7) is 3.72. The molecule has 0 bridgehead atoms. The molecule has 1 aliphatic rings. The summed E-state index contributed by atoms with van der Waals surface area (Å²) < 4.78 is 13.0. The maximum Gasteiger partial charge on any atom is 0.123 e. The molecule has 2 atom stereocenters. The van der Waals surface area contributed by atoms with Gasteiger partial charge in [-0.2, -0.15) is 0 Å². The van der Waals surface area contributed by atoms with E-state index in [-0.39, 0.29) is 11.7 Å². The Bertz CT molecular complexity index is 361. The first-order valence-electron chi connectivity index (χ1n) is 5.83. The van der Waals surface area contributed by atoms with Crippen molar-refractivity contribution in [3.8, 4) is 0 Å². The zero-order chi connectivity index (χ0) is 11.5. The van der Waals surface area contributed by atoms with E-state index in [1.165, 1.54) is 12.1 Å². The molecule has 0 amide bonds. The maximum atomic E-state index is 13.0. The smallest absolute Gasteiger partial charge is 0.123 e. The number of piperidine rings is 1. The van der Waals surface area contributed by atoms with Gasteiger partial charge in [0, 0.05) is 12.5 Å². The van der Waals surface area contributed by atoms with Crippen molar-refractivity contribution in [2.24, 2.45) is 5.92 Å². The molecule has 1 aromatic rings. The largest absolute Gasteiger partial charge is 0.388 e. The quantitative estimate of drug-likeness (QED) is 0.805. The van der Waals surface area contributed by atoms with E-state index in [1.54, 1.807) is 6.07 Å². The number of nitrogens with one attached hydrogen (secondary N) is 1. The molecule has 88 valence electrons. The minimum Gasteiger partial charge on any atom is -0.388 e. The predicted molar refractivity (Wildman–Crippen MR) is 61.7 cm³/mol. The Hall–Kier alpha value is -0.930. The molecule has 2 rings (SSSR count). The summed E-state index contributed by atoms with van der Waals surface area (Å²) in [7, 11) is 0. The van der Waals surface area contributed by atoms with Gasteiger partial charge in [-0.1, -0.05) is 6.07 Å². The molecule has 2 unspecified atom stereocenters. The normalized spacial score (nSPS) is 23.1.